The molecule has 0 atom stereocenters. The van der Waals surface area contributed by atoms with Gasteiger partial charge in [0, 0.05) is 12.6 Å². The minimum Gasteiger partial charge on any atom is -0.389 e. The normalized spacial score (nSPS) is 30.3. The largest absolute Gasteiger partial charge is 0.389 e. The van der Waals surface area contributed by atoms with E-state index < -0.39 is 0 Å². The lowest BCUT2D eigenvalue weighted by atomic mass is 10.3. The van der Waals surface area contributed by atoms with Crippen LogP contribution in [0.5, 0.6) is 0 Å². The van der Waals surface area contributed by atoms with Crippen LogP contribution in [-0.2, 0) is 0 Å². The third kappa shape index (κ3) is 1.43. The van der Waals surface area contributed by atoms with Crippen molar-refractivity contribution in [2.24, 2.45) is 0 Å². The predicted octanol–water partition coefficient (Wildman–Crippen LogP) is 0.263. The summed E-state index contributed by atoms with van der Waals surface area (Å²) in [6.45, 7) is 0.831. The van der Waals surface area contributed by atoms with E-state index in [9.17, 15) is 5.11 Å². The second-order valence-corrected chi connectivity index (χ2v) is 3.38. The van der Waals surface area contributed by atoms with Gasteiger partial charge in [-0.3, -0.25) is 0 Å². The van der Waals surface area contributed by atoms with Crippen LogP contribution in [0, 0.1) is 0 Å². The smallest absolute Gasteiger partial charge is 0.0773 e. The van der Waals surface area contributed by atoms with Crippen molar-refractivity contribution in [2.75, 3.05) is 6.54 Å². The van der Waals surface area contributed by atoms with E-state index in [1.54, 1.807) is 0 Å². The maximum absolute atomic E-state index is 9.34. The highest BCUT2D eigenvalue weighted by Crippen LogP contribution is 2.34. The molecule has 2 aliphatic carbocycles. The average Bonchev–Trinajstić information content (AvgIpc) is 2.58. The molecule has 2 heteroatoms. The second kappa shape index (κ2) is 1.70. The topological polar surface area (TPSA) is 32.3 Å². The van der Waals surface area contributed by atoms with Crippen LogP contribution in [0.15, 0.2) is 0 Å². The van der Waals surface area contributed by atoms with Crippen LogP contribution in [0.1, 0.15) is 25.7 Å². The molecule has 0 radical (unpaired) electrons. The molecule has 2 aliphatic rings. The molecule has 0 bridgehead atoms. The van der Waals surface area contributed by atoms with E-state index in [0.717, 1.165) is 25.4 Å². The molecule has 2 rings (SSSR count). The lowest BCUT2D eigenvalue weighted by Gasteiger charge is -2.06. The quantitative estimate of drug-likeness (QED) is 0.570. The predicted molar refractivity (Wildman–Crippen MR) is 35.2 cm³/mol. The van der Waals surface area contributed by atoms with Gasteiger partial charge in [0.1, 0.15) is 0 Å². The molecule has 0 aliphatic heterocycles. The maximum Gasteiger partial charge on any atom is 0.0773 e. The lowest BCUT2D eigenvalue weighted by Crippen LogP contribution is -2.29. The highest BCUT2D eigenvalue weighted by atomic mass is 16.3. The van der Waals surface area contributed by atoms with Crippen LogP contribution in [0.2, 0.25) is 0 Å². The van der Waals surface area contributed by atoms with Crippen LogP contribution in [-0.4, -0.2) is 23.3 Å². The minimum absolute atomic E-state index is 0.289. The molecule has 2 N–H and O–H groups in total. The minimum atomic E-state index is -0.289. The van der Waals surface area contributed by atoms with Crippen LogP contribution < -0.4 is 5.32 Å². The summed E-state index contributed by atoms with van der Waals surface area (Å²) in [5, 5.41) is 12.7. The Morgan fingerprint density at radius 2 is 2.11 bits per heavy atom. The molecule has 52 valence electrons. The first kappa shape index (κ1) is 5.69. The molecule has 0 aromatic carbocycles. The number of nitrogens with one attached hydrogen (secondary N) is 1. The zero-order chi connectivity index (χ0) is 6.32. The van der Waals surface area contributed by atoms with Crippen molar-refractivity contribution in [2.45, 2.75) is 37.3 Å². The van der Waals surface area contributed by atoms with E-state index in [-0.39, 0.29) is 5.60 Å². The summed E-state index contributed by atoms with van der Waals surface area (Å²) in [5.74, 6) is 0. The van der Waals surface area contributed by atoms with Gasteiger partial charge in [0.15, 0.2) is 0 Å². The zero-order valence-corrected chi connectivity index (χ0v) is 5.56. The Morgan fingerprint density at radius 1 is 1.44 bits per heavy atom. The van der Waals surface area contributed by atoms with Crippen molar-refractivity contribution in [1.29, 1.82) is 0 Å². The van der Waals surface area contributed by atoms with Crippen LogP contribution in [0.25, 0.3) is 0 Å². The van der Waals surface area contributed by atoms with Crippen molar-refractivity contribution in [1.82, 2.24) is 5.32 Å². The number of rotatable bonds is 3. The summed E-state index contributed by atoms with van der Waals surface area (Å²) in [6, 6.07) is 0.745. The van der Waals surface area contributed by atoms with Gasteiger partial charge in [0.05, 0.1) is 5.60 Å². The van der Waals surface area contributed by atoms with Gasteiger partial charge in [0.25, 0.3) is 0 Å². The molecule has 0 aromatic rings. The van der Waals surface area contributed by atoms with Gasteiger partial charge in [0.2, 0.25) is 0 Å². The van der Waals surface area contributed by atoms with Gasteiger partial charge >= 0.3 is 0 Å². The molecular formula is C7H13NO. The van der Waals surface area contributed by atoms with Crippen LogP contribution in [0.4, 0.5) is 0 Å². The molecule has 0 aromatic heterocycles. The SMILES string of the molecule is OC1(CNC2CC2)CC1. The number of hydrogen-bond donors (Lipinski definition) is 2. The third-order valence-corrected chi connectivity index (χ3v) is 2.12. The van der Waals surface area contributed by atoms with Crippen molar-refractivity contribution >= 4 is 0 Å². The van der Waals surface area contributed by atoms with Gasteiger partial charge in [-0.2, -0.15) is 0 Å². The Balaban J connectivity index is 1.65. The van der Waals surface area contributed by atoms with Crippen LogP contribution in [0.3, 0.4) is 0 Å². The van der Waals surface area contributed by atoms with E-state index in [1.807, 2.05) is 0 Å². The summed E-state index contributed by atoms with van der Waals surface area (Å²) in [5.41, 5.74) is -0.289. The van der Waals surface area contributed by atoms with Gasteiger partial charge in [-0.05, 0) is 25.7 Å². The fraction of sp³-hybridized carbons (Fsp3) is 1.00. The van der Waals surface area contributed by atoms with Gasteiger partial charge in [-0.1, -0.05) is 0 Å². The van der Waals surface area contributed by atoms with E-state index in [4.69, 9.17) is 0 Å². The number of hydrogen-bond acceptors (Lipinski definition) is 2. The first-order valence-corrected chi connectivity index (χ1v) is 3.74. The highest BCUT2D eigenvalue weighted by Gasteiger charge is 2.40. The van der Waals surface area contributed by atoms with Gasteiger partial charge < -0.3 is 10.4 Å². The van der Waals surface area contributed by atoms with Crippen molar-refractivity contribution in [3.8, 4) is 0 Å². The standard InChI is InChI=1S/C7H13NO/c9-7(3-4-7)5-8-6-1-2-6/h6,8-9H,1-5H2. The molecule has 0 saturated heterocycles. The lowest BCUT2D eigenvalue weighted by molar-refractivity contribution is 0.147. The molecule has 0 spiro atoms. The molecule has 0 amide bonds. The Labute approximate surface area is 55.3 Å². The van der Waals surface area contributed by atoms with E-state index >= 15 is 0 Å². The van der Waals surface area contributed by atoms with Crippen molar-refractivity contribution in [3.05, 3.63) is 0 Å². The molecule has 0 heterocycles. The summed E-state index contributed by atoms with van der Waals surface area (Å²) in [4.78, 5) is 0. The molecule has 2 saturated carbocycles. The first-order valence-electron chi connectivity index (χ1n) is 3.74. The fourth-order valence-corrected chi connectivity index (χ4v) is 0.943. The van der Waals surface area contributed by atoms with E-state index in [2.05, 4.69) is 5.32 Å². The fourth-order valence-electron chi connectivity index (χ4n) is 0.943. The number of aliphatic hydroxyl groups is 1. The Hall–Kier alpha value is -0.0800. The Kier molecular flexibility index (Phi) is 1.08. The molecule has 0 unspecified atom stereocenters. The summed E-state index contributed by atoms with van der Waals surface area (Å²) >= 11 is 0. The van der Waals surface area contributed by atoms with E-state index in [0.29, 0.717) is 0 Å². The summed E-state index contributed by atoms with van der Waals surface area (Å²) in [7, 11) is 0. The summed E-state index contributed by atoms with van der Waals surface area (Å²) < 4.78 is 0. The molecular weight excluding hydrogens is 114 g/mol. The van der Waals surface area contributed by atoms with Gasteiger partial charge in [-0.25, -0.2) is 0 Å². The van der Waals surface area contributed by atoms with E-state index in [1.165, 1.54) is 12.8 Å². The second-order valence-electron chi connectivity index (χ2n) is 3.38. The third-order valence-electron chi connectivity index (χ3n) is 2.12. The zero-order valence-electron chi connectivity index (χ0n) is 5.56. The molecule has 2 nitrogen and oxygen atoms in total. The van der Waals surface area contributed by atoms with Crippen molar-refractivity contribution < 1.29 is 5.11 Å². The molecule has 2 fully saturated rings. The average molecular weight is 127 g/mol. The first-order chi connectivity index (χ1) is 4.29. The highest BCUT2D eigenvalue weighted by molar-refractivity contribution is 4.97. The Morgan fingerprint density at radius 3 is 2.56 bits per heavy atom. The Bertz CT molecular complexity index is 116. The monoisotopic (exact) mass is 127 g/mol. The maximum atomic E-state index is 9.34. The van der Waals surface area contributed by atoms with Crippen molar-refractivity contribution in [3.63, 3.8) is 0 Å². The van der Waals surface area contributed by atoms with Crippen LogP contribution >= 0.6 is 0 Å². The van der Waals surface area contributed by atoms with Gasteiger partial charge in [-0.15, -0.1) is 0 Å². The summed E-state index contributed by atoms with van der Waals surface area (Å²) in [6.07, 6.45) is 4.64. The molecule has 9 heavy (non-hydrogen) atoms.